The molecule has 0 radical (unpaired) electrons. The standard InChI is InChI=1S/C19H34O2/c1-7-15-18(14-11-10-12-16(14)20-15)21-17(8-2)19(6,9-3)13(4)5/h8,13-16,18H,7,9-12H2,1-6H3. The molecule has 1 aliphatic carbocycles. The molecular weight excluding hydrogens is 260 g/mol. The van der Waals surface area contributed by atoms with E-state index in [1.54, 1.807) is 0 Å². The molecule has 21 heavy (non-hydrogen) atoms. The minimum atomic E-state index is 0.129. The first-order valence-electron chi connectivity index (χ1n) is 8.96. The minimum Gasteiger partial charge on any atom is -0.491 e. The van der Waals surface area contributed by atoms with E-state index in [4.69, 9.17) is 9.47 Å². The molecule has 0 aromatic heterocycles. The highest BCUT2D eigenvalue weighted by molar-refractivity contribution is 5.09. The molecule has 1 aliphatic heterocycles. The monoisotopic (exact) mass is 294 g/mol. The van der Waals surface area contributed by atoms with Gasteiger partial charge in [-0.2, -0.15) is 0 Å². The van der Waals surface area contributed by atoms with Crippen LogP contribution >= 0.6 is 0 Å². The Morgan fingerprint density at radius 3 is 2.57 bits per heavy atom. The lowest BCUT2D eigenvalue weighted by molar-refractivity contribution is -0.0269. The molecule has 0 aromatic rings. The third-order valence-corrected chi connectivity index (χ3v) is 6.14. The van der Waals surface area contributed by atoms with Crippen LogP contribution in [0.1, 0.15) is 73.6 Å². The van der Waals surface area contributed by atoms with Gasteiger partial charge >= 0.3 is 0 Å². The van der Waals surface area contributed by atoms with Crippen LogP contribution in [0.3, 0.4) is 0 Å². The zero-order valence-electron chi connectivity index (χ0n) is 14.8. The molecule has 0 aromatic carbocycles. The Bertz CT molecular complexity index is 374. The maximum atomic E-state index is 6.63. The van der Waals surface area contributed by atoms with Gasteiger partial charge in [0.05, 0.1) is 18.0 Å². The van der Waals surface area contributed by atoms with Crippen LogP contribution in [-0.2, 0) is 9.47 Å². The van der Waals surface area contributed by atoms with Gasteiger partial charge in [-0.3, -0.25) is 0 Å². The lowest BCUT2D eigenvalue weighted by atomic mass is 9.75. The van der Waals surface area contributed by atoms with Crippen molar-refractivity contribution in [1.82, 2.24) is 0 Å². The molecule has 0 N–H and O–H groups in total. The minimum absolute atomic E-state index is 0.129. The van der Waals surface area contributed by atoms with E-state index in [0.29, 0.717) is 17.9 Å². The van der Waals surface area contributed by atoms with E-state index in [1.807, 2.05) is 0 Å². The molecule has 122 valence electrons. The molecule has 1 saturated carbocycles. The molecule has 5 unspecified atom stereocenters. The Labute approximate surface area is 131 Å². The maximum absolute atomic E-state index is 6.63. The van der Waals surface area contributed by atoms with Crippen molar-refractivity contribution >= 4 is 0 Å². The third kappa shape index (κ3) is 3.02. The maximum Gasteiger partial charge on any atom is 0.130 e. The second kappa shape index (κ2) is 6.73. The molecule has 1 saturated heterocycles. The predicted octanol–water partition coefficient (Wildman–Crippen LogP) is 5.33. The molecule has 0 bridgehead atoms. The van der Waals surface area contributed by atoms with Crippen LogP contribution in [0.5, 0.6) is 0 Å². The number of hydrogen-bond acceptors (Lipinski definition) is 2. The molecular formula is C19H34O2. The Hall–Kier alpha value is -0.500. The van der Waals surface area contributed by atoms with Crippen molar-refractivity contribution in [2.24, 2.45) is 17.3 Å². The van der Waals surface area contributed by atoms with E-state index < -0.39 is 0 Å². The van der Waals surface area contributed by atoms with E-state index in [0.717, 1.165) is 12.8 Å². The van der Waals surface area contributed by atoms with Crippen LogP contribution in [0.4, 0.5) is 0 Å². The number of rotatable bonds is 6. The van der Waals surface area contributed by atoms with Gasteiger partial charge in [-0.15, -0.1) is 0 Å². The van der Waals surface area contributed by atoms with Crippen molar-refractivity contribution in [1.29, 1.82) is 0 Å². The van der Waals surface area contributed by atoms with Gasteiger partial charge in [-0.25, -0.2) is 0 Å². The summed E-state index contributed by atoms with van der Waals surface area (Å²) in [6.45, 7) is 13.6. The highest BCUT2D eigenvalue weighted by Crippen LogP contribution is 2.46. The SMILES string of the molecule is CC=C(OC1C(CC)OC2CCCC21)C(C)(CC)C(C)C. The molecule has 2 fully saturated rings. The van der Waals surface area contributed by atoms with Crippen LogP contribution in [0.2, 0.25) is 0 Å². The van der Waals surface area contributed by atoms with Gasteiger partial charge in [0.25, 0.3) is 0 Å². The van der Waals surface area contributed by atoms with Gasteiger partial charge in [-0.1, -0.05) is 41.0 Å². The van der Waals surface area contributed by atoms with Crippen molar-refractivity contribution in [3.8, 4) is 0 Å². The van der Waals surface area contributed by atoms with Crippen molar-refractivity contribution < 1.29 is 9.47 Å². The summed E-state index contributed by atoms with van der Waals surface area (Å²) in [4.78, 5) is 0. The fraction of sp³-hybridized carbons (Fsp3) is 0.895. The van der Waals surface area contributed by atoms with Crippen LogP contribution in [0.25, 0.3) is 0 Å². The first-order chi connectivity index (χ1) is 9.97. The van der Waals surface area contributed by atoms with E-state index >= 15 is 0 Å². The number of allylic oxidation sites excluding steroid dienone is 2. The third-order valence-electron chi connectivity index (χ3n) is 6.14. The summed E-state index contributed by atoms with van der Waals surface area (Å²) in [6.07, 6.45) is 9.15. The zero-order chi connectivity index (χ0) is 15.6. The van der Waals surface area contributed by atoms with E-state index in [9.17, 15) is 0 Å². The molecule has 0 spiro atoms. The second-order valence-corrected chi connectivity index (χ2v) is 7.38. The fourth-order valence-corrected chi connectivity index (χ4v) is 4.11. The van der Waals surface area contributed by atoms with Gasteiger partial charge in [0.15, 0.2) is 0 Å². The average Bonchev–Trinajstić information content (AvgIpc) is 3.04. The molecule has 2 aliphatic rings. The van der Waals surface area contributed by atoms with Crippen LogP contribution in [-0.4, -0.2) is 18.3 Å². The summed E-state index contributed by atoms with van der Waals surface area (Å²) in [5, 5.41) is 0. The Morgan fingerprint density at radius 2 is 2.05 bits per heavy atom. The van der Waals surface area contributed by atoms with Crippen LogP contribution in [0.15, 0.2) is 11.8 Å². The first kappa shape index (κ1) is 16.9. The molecule has 1 heterocycles. The van der Waals surface area contributed by atoms with E-state index in [1.165, 1.54) is 25.0 Å². The van der Waals surface area contributed by atoms with Gasteiger partial charge in [-0.05, 0) is 44.6 Å². The highest BCUT2D eigenvalue weighted by Gasteiger charge is 2.48. The van der Waals surface area contributed by atoms with Crippen molar-refractivity contribution in [2.75, 3.05) is 0 Å². The Balaban J connectivity index is 2.17. The normalized spacial score (nSPS) is 35.9. The lowest BCUT2D eigenvalue weighted by Gasteiger charge is -2.38. The number of ether oxygens (including phenoxy) is 2. The van der Waals surface area contributed by atoms with Gasteiger partial charge < -0.3 is 9.47 Å². The second-order valence-electron chi connectivity index (χ2n) is 7.38. The van der Waals surface area contributed by atoms with Gasteiger partial charge in [0.2, 0.25) is 0 Å². The first-order valence-corrected chi connectivity index (χ1v) is 8.96. The summed E-state index contributed by atoms with van der Waals surface area (Å²) in [6, 6.07) is 0. The zero-order valence-corrected chi connectivity index (χ0v) is 14.8. The summed E-state index contributed by atoms with van der Waals surface area (Å²) in [5.41, 5.74) is 0.129. The highest BCUT2D eigenvalue weighted by atomic mass is 16.6. The largest absolute Gasteiger partial charge is 0.491 e. The van der Waals surface area contributed by atoms with Crippen LogP contribution in [0, 0.1) is 17.3 Å². The quantitative estimate of drug-likeness (QED) is 0.617. The Kier molecular flexibility index (Phi) is 5.40. The predicted molar refractivity (Wildman–Crippen MR) is 88.2 cm³/mol. The van der Waals surface area contributed by atoms with Crippen LogP contribution < -0.4 is 0 Å². The van der Waals surface area contributed by atoms with Crippen molar-refractivity contribution in [3.63, 3.8) is 0 Å². The molecule has 0 amide bonds. The summed E-state index contributed by atoms with van der Waals surface area (Å²) < 4.78 is 12.9. The smallest absolute Gasteiger partial charge is 0.130 e. The van der Waals surface area contributed by atoms with E-state index in [2.05, 4.69) is 47.6 Å². The van der Waals surface area contributed by atoms with Crippen molar-refractivity contribution in [2.45, 2.75) is 92.0 Å². The topological polar surface area (TPSA) is 18.5 Å². The van der Waals surface area contributed by atoms with E-state index in [-0.39, 0.29) is 17.6 Å². The summed E-state index contributed by atoms with van der Waals surface area (Å²) in [5.74, 6) is 2.37. The number of fused-ring (bicyclic) bond motifs is 1. The van der Waals surface area contributed by atoms with Crippen molar-refractivity contribution in [3.05, 3.63) is 11.8 Å². The summed E-state index contributed by atoms with van der Waals surface area (Å²) in [7, 11) is 0. The van der Waals surface area contributed by atoms with Gasteiger partial charge in [0, 0.05) is 11.3 Å². The fourth-order valence-electron chi connectivity index (χ4n) is 4.11. The number of hydrogen-bond donors (Lipinski definition) is 0. The summed E-state index contributed by atoms with van der Waals surface area (Å²) >= 11 is 0. The average molecular weight is 294 g/mol. The lowest BCUT2D eigenvalue weighted by Crippen LogP contribution is -2.35. The molecule has 2 rings (SSSR count). The molecule has 2 nitrogen and oxygen atoms in total. The van der Waals surface area contributed by atoms with Gasteiger partial charge in [0.1, 0.15) is 6.10 Å². The molecule has 5 atom stereocenters. The molecule has 2 heteroatoms. The Morgan fingerprint density at radius 1 is 1.33 bits per heavy atom.